The van der Waals surface area contributed by atoms with Crippen LogP contribution in [-0.2, 0) is 6.54 Å². The Morgan fingerprint density at radius 2 is 1.88 bits per heavy atom. The summed E-state index contributed by atoms with van der Waals surface area (Å²) < 4.78 is 0. The van der Waals surface area contributed by atoms with Gasteiger partial charge in [0.1, 0.15) is 11.6 Å². The van der Waals surface area contributed by atoms with Crippen molar-refractivity contribution in [3.8, 4) is 17.1 Å². The molecule has 6 heteroatoms. The number of nitrogens with one attached hydrogen (secondary N) is 1. The summed E-state index contributed by atoms with van der Waals surface area (Å²) in [5, 5.41) is 15.0. The Labute approximate surface area is 155 Å². The van der Waals surface area contributed by atoms with E-state index < -0.39 is 0 Å². The predicted octanol–water partition coefficient (Wildman–Crippen LogP) is 4.66. The number of benzene rings is 2. The molecule has 0 bridgehead atoms. The first kappa shape index (κ1) is 16.3. The second-order valence-corrected chi connectivity index (χ2v) is 6.23. The molecule has 0 aliphatic rings. The number of hydrogen-bond acceptors (Lipinski definition) is 5. The SMILES string of the molecule is Oc1ccc(Cl)cc1-c1nc(NCc2cccnc2)c2ccccc2n1. The van der Waals surface area contributed by atoms with Crippen molar-refractivity contribution in [3.63, 3.8) is 0 Å². The van der Waals surface area contributed by atoms with E-state index in [2.05, 4.69) is 20.3 Å². The number of para-hydroxylation sites is 1. The van der Waals surface area contributed by atoms with E-state index >= 15 is 0 Å². The van der Waals surface area contributed by atoms with E-state index in [9.17, 15) is 5.11 Å². The normalized spacial score (nSPS) is 10.8. The zero-order chi connectivity index (χ0) is 17.9. The molecule has 5 nitrogen and oxygen atoms in total. The van der Waals surface area contributed by atoms with Crippen molar-refractivity contribution in [1.82, 2.24) is 15.0 Å². The van der Waals surface area contributed by atoms with E-state index in [-0.39, 0.29) is 5.75 Å². The van der Waals surface area contributed by atoms with Crippen molar-refractivity contribution in [2.75, 3.05) is 5.32 Å². The number of nitrogens with zero attached hydrogens (tertiary/aromatic N) is 3. The Morgan fingerprint density at radius 3 is 2.73 bits per heavy atom. The predicted molar refractivity (Wildman–Crippen MR) is 103 cm³/mol. The first-order chi connectivity index (χ1) is 12.7. The van der Waals surface area contributed by atoms with Crippen LogP contribution >= 0.6 is 11.6 Å². The summed E-state index contributed by atoms with van der Waals surface area (Å²) in [6, 6.07) is 16.4. The molecule has 0 saturated carbocycles. The lowest BCUT2D eigenvalue weighted by Crippen LogP contribution is -2.04. The molecule has 0 amide bonds. The van der Waals surface area contributed by atoms with Crippen LogP contribution in [0.4, 0.5) is 5.82 Å². The maximum Gasteiger partial charge on any atom is 0.165 e. The molecule has 0 radical (unpaired) electrons. The third kappa shape index (κ3) is 3.30. The van der Waals surface area contributed by atoms with E-state index in [4.69, 9.17) is 11.6 Å². The second-order valence-electron chi connectivity index (χ2n) is 5.79. The Bertz CT molecular complexity index is 1070. The summed E-state index contributed by atoms with van der Waals surface area (Å²) in [6.45, 7) is 0.579. The average Bonchev–Trinajstić information content (AvgIpc) is 2.68. The molecule has 2 N–H and O–H groups in total. The Morgan fingerprint density at radius 1 is 1.00 bits per heavy atom. The van der Waals surface area contributed by atoms with E-state index in [1.165, 1.54) is 0 Å². The summed E-state index contributed by atoms with van der Waals surface area (Å²) in [4.78, 5) is 13.3. The molecule has 4 rings (SSSR count). The minimum Gasteiger partial charge on any atom is -0.507 e. The number of aromatic hydroxyl groups is 1. The molecule has 0 spiro atoms. The van der Waals surface area contributed by atoms with Gasteiger partial charge in [-0.25, -0.2) is 9.97 Å². The van der Waals surface area contributed by atoms with Crippen LogP contribution in [0.3, 0.4) is 0 Å². The summed E-state index contributed by atoms with van der Waals surface area (Å²) in [5.41, 5.74) is 2.32. The molecular weight excluding hydrogens is 348 g/mol. The van der Waals surface area contributed by atoms with Gasteiger partial charge in [-0.2, -0.15) is 0 Å². The van der Waals surface area contributed by atoms with Crippen LogP contribution in [0.5, 0.6) is 5.75 Å². The maximum atomic E-state index is 10.2. The van der Waals surface area contributed by atoms with Gasteiger partial charge in [0.15, 0.2) is 5.82 Å². The van der Waals surface area contributed by atoms with Gasteiger partial charge in [-0.15, -0.1) is 0 Å². The number of fused-ring (bicyclic) bond motifs is 1. The molecular formula is C20H15ClN4O. The lowest BCUT2D eigenvalue weighted by molar-refractivity contribution is 0.477. The molecule has 4 aromatic rings. The number of hydrogen-bond donors (Lipinski definition) is 2. The van der Waals surface area contributed by atoms with Crippen molar-refractivity contribution in [3.05, 3.63) is 77.6 Å². The third-order valence-corrected chi connectivity index (χ3v) is 4.22. The van der Waals surface area contributed by atoms with Crippen molar-refractivity contribution in [2.24, 2.45) is 0 Å². The van der Waals surface area contributed by atoms with Gasteiger partial charge >= 0.3 is 0 Å². The van der Waals surface area contributed by atoms with E-state index in [1.807, 2.05) is 36.4 Å². The largest absolute Gasteiger partial charge is 0.507 e. The highest BCUT2D eigenvalue weighted by Crippen LogP contribution is 2.32. The van der Waals surface area contributed by atoms with Crippen LogP contribution in [0.2, 0.25) is 5.02 Å². The van der Waals surface area contributed by atoms with Crippen molar-refractivity contribution < 1.29 is 5.11 Å². The zero-order valence-corrected chi connectivity index (χ0v) is 14.5. The minimum atomic E-state index is 0.0860. The van der Waals surface area contributed by atoms with E-state index in [0.717, 1.165) is 16.5 Å². The number of phenolic OH excluding ortho intramolecular Hbond substituents is 1. The molecule has 128 valence electrons. The van der Waals surface area contributed by atoms with Gasteiger partial charge < -0.3 is 10.4 Å². The molecule has 0 unspecified atom stereocenters. The van der Waals surface area contributed by atoms with Gasteiger partial charge in [-0.1, -0.05) is 29.8 Å². The first-order valence-corrected chi connectivity index (χ1v) is 8.47. The maximum absolute atomic E-state index is 10.2. The number of halogens is 1. The summed E-state index contributed by atoms with van der Waals surface area (Å²) >= 11 is 6.08. The second kappa shape index (κ2) is 6.98. The molecule has 0 fully saturated rings. The number of pyridine rings is 1. The topological polar surface area (TPSA) is 70.9 Å². The van der Waals surface area contributed by atoms with Gasteiger partial charge in [0, 0.05) is 29.3 Å². The molecule has 0 saturated heterocycles. The Kier molecular flexibility index (Phi) is 4.37. The van der Waals surface area contributed by atoms with E-state index in [0.29, 0.717) is 28.8 Å². The van der Waals surface area contributed by atoms with Crippen LogP contribution in [0.1, 0.15) is 5.56 Å². The van der Waals surface area contributed by atoms with Gasteiger partial charge in [0.25, 0.3) is 0 Å². The van der Waals surface area contributed by atoms with Crippen LogP contribution in [0.15, 0.2) is 67.0 Å². The molecule has 2 heterocycles. The average molecular weight is 363 g/mol. The monoisotopic (exact) mass is 362 g/mol. The van der Waals surface area contributed by atoms with Gasteiger partial charge in [0.05, 0.1) is 11.1 Å². The zero-order valence-electron chi connectivity index (χ0n) is 13.7. The molecule has 2 aromatic heterocycles. The molecule has 0 aliphatic carbocycles. The van der Waals surface area contributed by atoms with Gasteiger partial charge in [-0.05, 0) is 42.0 Å². The molecule has 0 atom stereocenters. The van der Waals surface area contributed by atoms with Crippen molar-refractivity contribution in [1.29, 1.82) is 0 Å². The fourth-order valence-corrected chi connectivity index (χ4v) is 2.88. The highest BCUT2D eigenvalue weighted by atomic mass is 35.5. The number of aromatic nitrogens is 3. The summed E-state index contributed by atoms with van der Waals surface area (Å²) in [7, 11) is 0. The van der Waals surface area contributed by atoms with Crippen molar-refractivity contribution in [2.45, 2.75) is 6.54 Å². The highest BCUT2D eigenvalue weighted by molar-refractivity contribution is 6.30. The molecule has 0 aliphatic heterocycles. The third-order valence-electron chi connectivity index (χ3n) is 3.99. The number of anilines is 1. The highest BCUT2D eigenvalue weighted by Gasteiger charge is 2.13. The van der Waals surface area contributed by atoms with Gasteiger partial charge in [-0.3, -0.25) is 4.98 Å². The lowest BCUT2D eigenvalue weighted by Gasteiger charge is -2.12. The smallest absolute Gasteiger partial charge is 0.165 e. The fraction of sp³-hybridized carbons (Fsp3) is 0.0500. The summed E-state index contributed by atoms with van der Waals surface area (Å²) in [6.07, 6.45) is 3.55. The van der Waals surface area contributed by atoms with Gasteiger partial charge in [0.2, 0.25) is 0 Å². The lowest BCUT2D eigenvalue weighted by atomic mass is 10.1. The van der Waals surface area contributed by atoms with Crippen LogP contribution in [-0.4, -0.2) is 20.1 Å². The summed E-state index contributed by atoms with van der Waals surface area (Å²) in [5.74, 6) is 1.19. The van der Waals surface area contributed by atoms with Crippen LogP contribution in [0, 0.1) is 0 Å². The number of rotatable bonds is 4. The van der Waals surface area contributed by atoms with Crippen LogP contribution in [0.25, 0.3) is 22.3 Å². The minimum absolute atomic E-state index is 0.0860. The van der Waals surface area contributed by atoms with Crippen molar-refractivity contribution >= 4 is 28.3 Å². The number of phenols is 1. The first-order valence-electron chi connectivity index (χ1n) is 8.09. The van der Waals surface area contributed by atoms with E-state index in [1.54, 1.807) is 30.6 Å². The molecule has 26 heavy (non-hydrogen) atoms. The Hall–Kier alpha value is -3.18. The Balaban J connectivity index is 1.79. The standard InChI is InChI=1S/C20H15ClN4O/c21-14-7-8-18(26)16(10-14)20-24-17-6-2-1-5-15(17)19(25-20)23-12-13-4-3-9-22-11-13/h1-11,26H,12H2,(H,23,24,25). The fourth-order valence-electron chi connectivity index (χ4n) is 2.71. The quantitative estimate of drug-likeness (QED) is 0.552. The molecule has 2 aromatic carbocycles. The van der Waals surface area contributed by atoms with Crippen LogP contribution < -0.4 is 5.32 Å².